The zero-order valence-corrected chi connectivity index (χ0v) is 14.9. The molecule has 0 aliphatic carbocycles. The third-order valence-electron chi connectivity index (χ3n) is 3.81. The molecule has 0 atom stereocenters. The van der Waals surface area contributed by atoms with E-state index in [0.717, 1.165) is 10.4 Å². The molecule has 0 unspecified atom stereocenters. The van der Waals surface area contributed by atoms with Crippen LogP contribution < -0.4 is 9.47 Å². The van der Waals surface area contributed by atoms with E-state index in [4.69, 9.17) is 13.9 Å². The largest absolute Gasteiger partial charge is 0.497 e. The number of thiophene rings is 1. The molecule has 0 fully saturated rings. The first-order valence-electron chi connectivity index (χ1n) is 7.76. The van der Waals surface area contributed by atoms with Gasteiger partial charge in [0.1, 0.15) is 11.5 Å². The van der Waals surface area contributed by atoms with Crippen LogP contribution in [-0.2, 0) is 13.1 Å². The average molecular weight is 357 g/mol. The van der Waals surface area contributed by atoms with Crippen LogP contribution in [0.25, 0.3) is 0 Å². The van der Waals surface area contributed by atoms with E-state index in [2.05, 4.69) is 0 Å². The van der Waals surface area contributed by atoms with Crippen molar-refractivity contribution in [2.24, 2.45) is 0 Å². The Bertz CT molecular complexity index is 776. The van der Waals surface area contributed by atoms with Crippen LogP contribution in [0.1, 0.15) is 20.8 Å². The highest BCUT2D eigenvalue weighted by Crippen LogP contribution is 2.27. The smallest absolute Gasteiger partial charge is 0.258 e. The summed E-state index contributed by atoms with van der Waals surface area (Å²) < 4.78 is 15.7. The van der Waals surface area contributed by atoms with Crippen LogP contribution in [0.2, 0.25) is 0 Å². The molecule has 5 nitrogen and oxygen atoms in total. The molecule has 0 bridgehead atoms. The fourth-order valence-corrected chi connectivity index (χ4v) is 3.26. The Morgan fingerprint density at radius 3 is 2.68 bits per heavy atom. The van der Waals surface area contributed by atoms with Gasteiger partial charge in [0.25, 0.3) is 5.91 Å². The van der Waals surface area contributed by atoms with Crippen LogP contribution in [0, 0.1) is 0 Å². The summed E-state index contributed by atoms with van der Waals surface area (Å²) in [5.41, 5.74) is 1.45. The van der Waals surface area contributed by atoms with Crippen molar-refractivity contribution in [3.05, 3.63) is 70.3 Å². The third kappa shape index (κ3) is 4.03. The summed E-state index contributed by atoms with van der Waals surface area (Å²) in [7, 11) is 3.13. The predicted molar refractivity (Wildman–Crippen MR) is 96.2 cm³/mol. The molecule has 130 valence electrons. The number of amides is 1. The van der Waals surface area contributed by atoms with Gasteiger partial charge in [0.05, 0.1) is 38.9 Å². The standard InChI is InChI=1S/C19H19NO4S/c1-22-15-5-6-17(18(10-15)23-2)19(21)20(11-14-7-8-24-13-14)12-16-4-3-9-25-16/h3-10,13H,11-12H2,1-2H3. The lowest BCUT2D eigenvalue weighted by Crippen LogP contribution is -2.30. The number of rotatable bonds is 7. The molecule has 2 heterocycles. The molecule has 2 aromatic heterocycles. The van der Waals surface area contributed by atoms with E-state index >= 15 is 0 Å². The van der Waals surface area contributed by atoms with Gasteiger partial charge in [-0.05, 0) is 29.6 Å². The molecule has 3 rings (SSSR count). The summed E-state index contributed by atoms with van der Waals surface area (Å²) in [4.78, 5) is 16.0. The van der Waals surface area contributed by atoms with Crippen LogP contribution in [0.4, 0.5) is 0 Å². The highest BCUT2D eigenvalue weighted by Gasteiger charge is 2.21. The van der Waals surface area contributed by atoms with Crippen molar-refractivity contribution in [3.8, 4) is 11.5 Å². The lowest BCUT2D eigenvalue weighted by molar-refractivity contribution is 0.0728. The fraction of sp³-hybridized carbons (Fsp3) is 0.211. The average Bonchev–Trinajstić information content (AvgIpc) is 3.34. The van der Waals surface area contributed by atoms with E-state index < -0.39 is 0 Å². The molecule has 0 spiro atoms. The Labute approximate surface area is 150 Å². The normalized spacial score (nSPS) is 10.5. The SMILES string of the molecule is COc1ccc(C(=O)N(Cc2ccoc2)Cc2cccs2)c(OC)c1. The minimum absolute atomic E-state index is 0.103. The van der Waals surface area contributed by atoms with Crippen molar-refractivity contribution in [2.75, 3.05) is 14.2 Å². The van der Waals surface area contributed by atoms with Crippen LogP contribution in [0.5, 0.6) is 11.5 Å². The van der Waals surface area contributed by atoms with Gasteiger partial charge >= 0.3 is 0 Å². The van der Waals surface area contributed by atoms with Gasteiger partial charge in [0.2, 0.25) is 0 Å². The van der Waals surface area contributed by atoms with Gasteiger partial charge in [-0.2, -0.15) is 0 Å². The van der Waals surface area contributed by atoms with Crippen LogP contribution in [-0.4, -0.2) is 25.0 Å². The first-order chi connectivity index (χ1) is 12.2. The third-order valence-corrected chi connectivity index (χ3v) is 4.67. The molecular weight excluding hydrogens is 338 g/mol. The summed E-state index contributed by atoms with van der Waals surface area (Å²) in [5, 5.41) is 2.00. The van der Waals surface area contributed by atoms with Crippen molar-refractivity contribution in [2.45, 2.75) is 13.1 Å². The summed E-state index contributed by atoms with van der Waals surface area (Å²) in [5.74, 6) is 1.04. The van der Waals surface area contributed by atoms with E-state index in [-0.39, 0.29) is 5.91 Å². The van der Waals surface area contributed by atoms with Gasteiger partial charge < -0.3 is 18.8 Å². The van der Waals surface area contributed by atoms with E-state index in [1.807, 2.05) is 23.6 Å². The van der Waals surface area contributed by atoms with Crippen molar-refractivity contribution in [1.82, 2.24) is 4.90 Å². The lowest BCUT2D eigenvalue weighted by atomic mass is 10.1. The summed E-state index contributed by atoms with van der Waals surface area (Å²) in [6.07, 6.45) is 3.26. The molecule has 0 saturated heterocycles. The number of furan rings is 1. The first-order valence-corrected chi connectivity index (χ1v) is 8.64. The number of hydrogen-bond donors (Lipinski definition) is 0. The Morgan fingerprint density at radius 2 is 2.04 bits per heavy atom. The Hall–Kier alpha value is -2.73. The second kappa shape index (κ2) is 7.90. The first kappa shape index (κ1) is 17.1. The molecule has 0 aliphatic heterocycles. The van der Waals surface area contributed by atoms with Crippen molar-refractivity contribution in [3.63, 3.8) is 0 Å². The predicted octanol–water partition coefficient (Wildman–Crippen LogP) is 4.20. The maximum atomic E-state index is 13.2. The minimum atomic E-state index is -0.103. The van der Waals surface area contributed by atoms with Crippen molar-refractivity contribution < 1.29 is 18.7 Å². The lowest BCUT2D eigenvalue weighted by Gasteiger charge is -2.23. The second-order valence-corrected chi connectivity index (χ2v) is 6.47. The van der Waals surface area contributed by atoms with Gasteiger partial charge in [0, 0.05) is 23.1 Å². The molecule has 0 aliphatic rings. The summed E-state index contributed by atoms with van der Waals surface area (Å²) in [6, 6.07) is 11.1. The minimum Gasteiger partial charge on any atom is -0.497 e. The van der Waals surface area contributed by atoms with E-state index in [1.54, 1.807) is 61.2 Å². The Morgan fingerprint density at radius 1 is 1.16 bits per heavy atom. The van der Waals surface area contributed by atoms with Crippen LogP contribution >= 0.6 is 11.3 Å². The molecular formula is C19H19NO4S. The molecule has 1 amide bonds. The van der Waals surface area contributed by atoms with E-state index in [0.29, 0.717) is 30.2 Å². The van der Waals surface area contributed by atoms with Gasteiger partial charge in [-0.3, -0.25) is 4.79 Å². The van der Waals surface area contributed by atoms with Crippen LogP contribution in [0.3, 0.4) is 0 Å². The zero-order valence-electron chi connectivity index (χ0n) is 14.1. The zero-order chi connectivity index (χ0) is 17.6. The quantitative estimate of drug-likeness (QED) is 0.636. The second-order valence-electron chi connectivity index (χ2n) is 5.44. The number of benzene rings is 1. The number of carbonyl (C=O) groups excluding carboxylic acids is 1. The molecule has 0 N–H and O–H groups in total. The Kier molecular flexibility index (Phi) is 5.40. The number of hydrogen-bond acceptors (Lipinski definition) is 5. The monoisotopic (exact) mass is 357 g/mol. The maximum absolute atomic E-state index is 13.2. The van der Waals surface area contributed by atoms with Crippen molar-refractivity contribution in [1.29, 1.82) is 0 Å². The van der Waals surface area contributed by atoms with Crippen molar-refractivity contribution >= 4 is 17.2 Å². The highest BCUT2D eigenvalue weighted by atomic mass is 32.1. The topological polar surface area (TPSA) is 51.9 Å². The maximum Gasteiger partial charge on any atom is 0.258 e. The fourth-order valence-electron chi connectivity index (χ4n) is 2.54. The summed E-state index contributed by atoms with van der Waals surface area (Å²) >= 11 is 1.62. The Balaban J connectivity index is 1.90. The van der Waals surface area contributed by atoms with Crippen LogP contribution in [0.15, 0.2) is 58.7 Å². The van der Waals surface area contributed by atoms with Gasteiger partial charge in [0.15, 0.2) is 0 Å². The number of carbonyl (C=O) groups is 1. The molecule has 0 radical (unpaired) electrons. The van der Waals surface area contributed by atoms with Gasteiger partial charge in [-0.25, -0.2) is 0 Å². The number of methoxy groups -OCH3 is 2. The number of ether oxygens (including phenoxy) is 2. The molecule has 6 heteroatoms. The molecule has 1 aromatic carbocycles. The number of nitrogens with zero attached hydrogens (tertiary/aromatic N) is 1. The van der Waals surface area contributed by atoms with Gasteiger partial charge in [-0.15, -0.1) is 11.3 Å². The summed E-state index contributed by atoms with van der Waals surface area (Å²) in [6.45, 7) is 0.985. The highest BCUT2D eigenvalue weighted by molar-refractivity contribution is 7.09. The van der Waals surface area contributed by atoms with E-state index in [9.17, 15) is 4.79 Å². The molecule has 0 saturated carbocycles. The van der Waals surface area contributed by atoms with Gasteiger partial charge in [-0.1, -0.05) is 6.07 Å². The van der Waals surface area contributed by atoms with E-state index in [1.165, 1.54) is 0 Å². The molecule has 3 aromatic rings. The molecule has 25 heavy (non-hydrogen) atoms.